The van der Waals surface area contributed by atoms with Gasteiger partial charge in [0.2, 0.25) is 0 Å². The van der Waals surface area contributed by atoms with Crippen LogP contribution in [0.3, 0.4) is 0 Å². The van der Waals surface area contributed by atoms with Gasteiger partial charge in [-0.25, -0.2) is 4.98 Å². The summed E-state index contributed by atoms with van der Waals surface area (Å²) in [5, 5.41) is 36.8. The smallest absolute Gasteiger partial charge is 0.142 e. The van der Waals surface area contributed by atoms with E-state index in [9.17, 15) is 10.2 Å². The number of hydrogen-bond donors (Lipinski definition) is 2. The van der Waals surface area contributed by atoms with Gasteiger partial charge < -0.3 is 10.2 Å². The van der Waals surface area contributed by atoms with Gasteiger partial charge in [0.05, 0.1) is 12.2 Å². The lowest BCUT2D eigenvalue weighted by Gasteiger charge is -2.23. The Morgan fingerprint density at radius 3 is 1.76 bits per heavy atom. The first kappa shape index (κ1) is 13.1. The molecule has 0 bridgehead atoms. The Morgan fingerprint density at radius 2 is 1.47 bits per heavy atom. The summed E-state index contributed by atoms with van der Waals surface area (Å²) >= 11 is 0. The third-order valence-electron chi connectivity index (χ3n) is 2.50. The number of pyridine rings is 1. The van der Waals surface area contributed by atoms with Crippen molar-refractivity contribution in [3.63, 3.8) is 0 Å². The first-order chi connectivity index (χ1) is 7.99. The summed E-state index contributed by atoms with van der Waals surface area (Å²) in [5.41, 5.74) is 0.744. The third kappa shape index (κ3) is 3.01. The van der Waals surface area contributed by atoms with E-state index in [1.54, 1.807) is 13.8 Å². The molecule has 17 heavy (non-hydrogen) atoms. The van der Waals surface area contributed by atoms with E-state index in [4.69, 9.17) is 10.5 Å². The van der Waals surface area contributed by atoms with Crippen molar-refractivity contribution in [2.24, 2.45) is 0 Å². The molecule has 88 valence electrons. The summed E-state index contributed by atoms with van der Waals surface area (Å²) in [6.45, 7) is 3.10. The number of aliphatic hydroxyl groups excluding tert-OH is 2. The van der Waals surface area contributed by atoms with Gasteiger partial charge in [0, 0.05) is 5.92 Å². The molecule has 2 unspecified atom stereocenters. The molecule has 1 rings (SSSR count). The Balaban J connectivity index is 3.30. The molecule has 0 saturated heterocycles. The first-order valence-corrected chi connectivity index (χ1v) is 5.18. The zero-order valence-electron chi connectivity index (χ0n) is 9.62. The normalized spacial score (nSPS) is 15.4. The Kier molecular flexibility index (Phi) is 4.17. The van der Waals surface area contributed by atoms with E-state index < -0.39 is 18.1 Å². The minimum Gasteiger partial charge on any atom is -0.393 e. The summed E-state index contributed by atoms with van der Waals surface area (Å²) < 4.78 is 0. The van der Waals surface area contributed by atoms with E-state index in [0.717, 1.165) is 0 Å². The number of aliphatic hydroxyl groups is 2. The molecule has 0 aromatic carbocycles. The van der Waals surface area contributed by atoms with Crippen molar-refractivity contribution in [3.05, 3.63) is 29.1 Å². The monoisotopic (exact) mass is 231 g/mol. The second-order valence-electron chi connectivity index (χ2n) is 3.90. The van der Waals surface area contributed by atoms with Gasteiger partial charge in [0.1, 0.15) is 23.5 Å². The van der Waals surface area contributed by atoms with Crippen LogP contribution in [-0.4, -0.2) is 27.4 Å². The van der Waals surface area contributed by atoms with E-state index in [1.165, 1.54) is 12.1 Å². The summed E-state index contributed by atoms with van der Waals surface area (Å²) in [5.74, 6) is -0.544. The molecule has 0 aliphatic rings. The maximum absolute atomic E-state index is 9.62. The number of hydrogen-bond acceptors (Lipinski definition) is 5. The van der Waals surface area contributed by atoms with E-state index in [1.807, 2.05) is 12.1 Å². The van der Waals surface area contributed by atoms with Crippen molar-refractivity contribution in [2.45, 2.75) is 32.0 Å². The van der Waals surface area contributed by atoms with Crippen LogP contribution in [0.5, 0.6) is 0 Å². The van der Waals surface area contributed by atoms with Crippen LogP contribution in [0.4, 0.5) is 0 Å². The Morgan fingerprint density at radius 1 is 1.06 bits per heavy atom. The Hall–Kier alpha value is -1.95. The van der Waals surface area contributed by atoms with Gasteiger partial charge in [0.25, 0.3) is 0 Å². The first-order valence-electron chi connectivity index (χ1n) is 5.18. The lowest BCUT2D eigenvalue weighted by atomic mass is 9.89. The van der Waals surface area contributed by atoms with E-state index in [2.05, 4.69) is 4.98 Å². The van der Waals surface area contributed by atoms with Crippen LogP contribution in [0.25, 0.3) is 0 Å². The molecular formula is C12H13N3O2. The maximum atomic E-state index is 9.62. The van der Waals surface area contributed by atoms with Gasteiger partial charge in [-0.3, -0.25) is 0 Å². The van der Waals surface area contributed by atoms with Crippen molar-refractivity contribution in [3.8, 4) is 12.1 Å². The van der Waals surface area contributed by atoms with Gasteiger partial charge in [-0.15, -0.1) is 0 Å². The van der Waals surface area contributed by atoms with Crippen molar-refractivity contribution in [2.75, 3.05) is 0 Å². The van der Waals surface area contributed by atoms with Crippen molar-refractivity contribution < 1.29 is 10.2 Å². The molecule has 2 atom stereocenters. The molecule has 0 amide bonds. The lowest BCUT2D eigenvalue weighted by Crippen LogP contribution is -2.25. The average molecular weight is 231 g/mol. The molecule has 5 heteroatoms. The second-order valence-corrected chi connectivity index (χ2v) is 3.90. The molecule has 0 spiro atoms. The van der Waals surface area contributed by atoms with Crippen molar-refractivity contribution in [1.82, 2.24) is 4.98 Å². The summed E-state index contributed by atoms with van der Waals surface area (Å²) in [7, 11) is 0. The fraction of sp³-hybridized carbons (Fsp3) is 0.417. The molecule has 0 fully saturated rings. The topological polar surface area (TPSA) is 101 Å². The summed E-state index contributed by atoms with van der Waals surface area (Å²) in [4.78, 5) is 3.79. The van der Waals surface area contributed by atoms with Crippen LogP contribution in [0.1, 0.15) is 36.7 Å². The molecular weight excluding hydrogens is 218 g/mol. The van der Waals surface area contributed by atoms with Crippen LogP contribution in [0, 0.1) is 22.7 Å². The van der Waals surface area contributed by atoms with Crippen LogP contribution < -0.4 is 0 Å². The molecule has 5 nitrogen and oxygen atoms in total. The van der Waals surface area contributed by atoms with Crippen LogP contribution in [-0.2, 0) is 0 Å². The van der Waals surface area contributed by atoms with Gasteiger partial charge in [-0.05, 0) is 31.5 Å². The second kappa shape index (κ2) is 5.40. The molecule has 0 aliphatic carbocycles. The van der Waals surface area contributed by atoms with Gasteiger partial charge >= 0.3 is 0 Å². The highest BCUT2D eigenvalue weighted by atomic mass is 16.3. The Bertz CT molecular complexity index is 443. The summed E-state index contributed by atoms with van der Waals surface area (Å²) in [6, 6.07) is 6.65. The molecule has 2 N–H and O–H groups in total. The predicted octanol–water partition coefficient (Wildman–Crippen LogP) is 0.670. The Labute approximate surface area is 99.6 Å². The SMILES string of the molecule is CC(O)C(c1cc(C#N)nc(C#N)c1)C(C)O. The summed E-state index contributed by atoms with van der Waals surface area (Å²) in [6.07, 6.45) is -1.56. The van der Waals surface area contributed by atoms with Crippen LogP contribution in [0.2, 0.25) is 0 Å². The van der Waals surface area contributed by atoms with Crippen molar-refractivity contribution >= 4 is 0 Å². The van der Waals surface area contributed by atoms with Gasteiger partial charge in [-0.2, -0.15) is 10.5 Å². The average Bonchev–Trinajstić information content (AvgIpc) is 2.27. The quantitative estimate of drug-likeness (QED) is 0.796. The maximum Gasteiger partial charge on any atom is 0.142 e. The van der Waals surface area contributed by atoms with Gasteiger partial charge in [0.15, 0.2) is 0 Å². The highest BCUT2D eigenvalue weighted by Crippen LogP contribution is 2.24. The largest absolute Gasteiger partial charge is 0.393 e. The molecule has 1 aromatic rings. The highest BCUT2D eigenvalue weighted by molar-refractivity contribution is 5.36. The predicted molar refractivity (Wildman–Crippen MR) is 59.8 cm³/mol. The number of aromatic nitrogens is 1. The molecule has 1 aromatic heterocycles. The lowest BCUT2D eigenvalue weighted by molar-refractivity contribution is 0.0729. The fourth-order valence-electron chi connectivity index (χ4n) is 1.82. The minimum atomic E-state index is -0.782. The number of nitriles is 2. The molecule has 0 aliphatic heterocycles. The zero-order valence-corrected chi connectivity index (χ0v) is 9.62. The zero-order chi connectivity index (χ0) is 13.0. The van der Waals surface area contributed by atoms with E-state index in [0.29, 0.717) is 5.56 Å². The van der Waals surface area contributed by atoms with E-state index >= 15 is 0 Å². The standard InChI is InChI=1S/C12H13N3O2/c1-7(16)12(8(2)17)9-3-10(5-13)15-11(4-9)6-14/h3-4,7-8,12,16-17H,1-2H3. The van der Waals surface area contributed by atoms with E-state index in [-0.39, 0.29) is 11.4 Å². The molecule has 0 radical (unpaired) electrons. The third-order valence-corrected chi connectivity index (χ3v) is 2.50. The molecule has 1 heterocycles. The fourth-order valence-corrected chi connectivity index (χ4v) is 1.82. The van der Waals surface area contributed by atoms with Crippen molar-refractivity contribution in [1.29, 1.82) is 10.5 Å². The highest BCUT2D eigenvalue weighted by Gasteiger charge is 2.23. The minimum absolute atomic E-state index is 0.102. The number of rotatable bonds is 3. The van der Waals surface area contributed by atoms with Crippen LogP contribution in [0.15, 0.2) is 12.1 Å². The molecule has 0 saturated carbocycles. The van der Waals surface area contributed by atoms with Gasteiger partial charge in [-0.1, -0.05) is 0 Å². The van der Waals surface area contributed by atoms with Crippen LogP contribution >= 0.6 is 0 Å². The number of nitrogens with zero attached hydrogens (tertiary/aromatic N) is 3.